The number of carbonyl (C=O) groups excluding carboxylic acids is 1. The standard InChI is InChI=1S/C12H15BrN2O2/c1-4-17-12(16)11(8-15(2)3)9-5-10(13)7-14-6-9/h5-8H,4H2,1-3H3/b11-8+. The summed E-state index contributed by atoms with van der Waals surface area (Å²) >= 11 is 3.33. The van der Waals surface area contributed by atoms with Gasteiger partial charge >= 0.3 is 5.97 Å². The second kappa shape index (κ2) is 6.39. The molecule has 1 rings (SSSR count). The Morgan fingerprint density at radius 2 is 2.24 bits per heavy atom. The summed E-state index contributed by atoms with van der Waals surface area (Å²) in [6.07, 6.45) is 5.03. The average Bonchev–Trinajstić information content (AvgIpc) is 2.26. The van der Waals surface area contributed by atoms with Crippen molar-refractivity contribution in [3.63, 3.8) is 0 Å². The Hall–Kier alpha value is -1.36. The summed E-state index contributed by atoms with van der Waals surface area (Å²) in [6.45, 7) is 2.13. The van der Waals surface area contributed by atoms with E-state index in [0.717, 1.165) is 10.0 Å². The molecule has 0 aliphatic rings. The fraction of sp³-hybridized carbons (Fsp3) is 0.333. The summed E-state index contributed by atoms with van der Waals surface area (Å²) in [5.41, 5.74) is 1.22. The van der Waals surface area contributed by atoms with Crippen LogP contribution >= 0.6 is 15.9 Å². The zero-order valence-electron chi connectivity index (χ0n) is 10.1. The molecule has 1 heterocycles. The van der Waals surface area contributed by atoms with E-state index in [4.69, 9.17) is 4.74 Å². The molecule has 0 atom stereocenters. The molecule has 0 unspecified atom stereocenters. The van der Waals surface area contributed by atoms with Gasteiger partial charge in [-0.2, -0.15) is 0 Å². The van der Waals surface area contributed by atoms with Gasteiger partial charge in [-0.3, -0.25) is 4.98 Å². The molecular weight excluding hydrogens is 284 g/mol. The third kappa shape index (κ3) is 4.19. The number of halogens is 1. The van der Waals surface area contributed by atoms with Gasteiger partial charge in [0.15, 0.2) is 0 Å². The van der Waals surface area contributed by atoms with Gasteiger partial charge in [0.1, 0.15) is 0 Å². The number of hydrogen-bond donors (Lipinski definition) is 0. The lowest BCUT2D eigenvalue weighted by Gasteiger charge is -2.11. The smallest absolute Gasteiger partial charge is 0.340 e. The molecule has 0 aliphatic carbocycles. The van der Waals surface area contributed by atoms with Crippen LogP contribution in [0.5, 0.6) is 0 Å². The number of aromatic nitrogens is 1. The van der Waals surface area contributed by atoms with E-state index in [1.807, 2.05) is 20.2 Å². The Kier molecular flexibility index (Phi) is 5.15. The Bertz CT molecular complexity index is 430. The molecule has 0 radical (unpaired) electrons. The average molecular weight is 299 g/mol. The maximum atomic E-state index is 11.8. The molecule has 0 saturated carbocycles. The topological polar surface area (TPSA) is 42.4 Å². The van der Waals surface area contributed by atoms with E-state index < -0.39 is 0 Å². The predicted octanol–water partition coefficient (Wildman–Crippen LogP) is 2.31. The number of esters is 1. The van der Waals surface area contributed by atoms with E-state index in [0.29, 0.717) is 12.2 Å². The van der Waals surface area contributed by atoms with Crippen molar-refractivity contribution in [2.45, 2.75) is 6.92 Å². The van der Waals surface area contributed by atoms with Gasteiger partial charge in [0.05, 0.1) is 12.2 Å². The van der Waals surface area contributed by atoms with Gasteiger partial charge in [0.25, 0.3) is 0 Å². The first kappa shape index (κ1) is 13.7. The Morgan fingerprint density at radius 3 is 2.76 bits per heavy atom. The van der Waals surface area contributed by atoms with Crippen molar-refractivity contribution < 1.29 is 9.53 Å². The van der Waals surface area contributed by atoms with Crippen LogP contribution in [0.4, 0.5) is 0 Å². The number of pyridine rings is 1. The quantitative estimate of drug-likeness (QED) is 0.632. The molecule has 4 nitrogen and oxygen atoms in total. The molecule has 0 aliphatic heterocycles. The molecule has 0 aromatic carbocycles. The summed E-state index contributed by atoms with van der Waals surface area (Å²) in [7, 11) is 3.70. The van der Waals surface area contributed by atoms with Gasteiger partial charge in [0, 0.05) is 42.7 Å². The summed E-state index contributed by atoms with van der Waals surface area (Å²) in [5.74, 6) is -0.346. The SMILES string of the molecule is CCOC(=O)/C(=C/N(C)C)c1cncc(Br)c1. The van der Waals surface area contributed by atoms with Gasteiger partial charge in [-0.15, -0.1) is 0 Å². The largest absolute Gasteiger partial charge is 0.462 e. The molecule has 0 bridgehead atoms. The van der Waals surface area contributed by atoms with Crippen molar-refractivity contribution in [2.75, 3.05) is 20.7 Å². The van der Waals surface area contributed by atoms with Crippen molar-refractivity contribution in [3.8, 4) is 0 Å². The maximum Gasteiger partial charge on any atom is 0.340 e. The highest BCUT2D eigenvalue weighted by Gasteiger charge is 2.14. The van der Waals surface area contributed by atoms with Crippen molar-refractivity contribution >= 4 is 27.5 Å². The van der Waals surface area contributed by atoms with Crippen molar-refractivity contribution in [1.29, 1.82) is 0 Å². The van der Waals surface area contributed by atoms with Crippen LogP contribution in [0.15, 0.2) is 29.1 Å². The highest BCUT2D eigenvalue weighted by molar-refractivity contribution is 9.10. The number of nitrogens with zero attached hydrogens (tertiary/aromatic N) is 2. The second-order valence-electron chi connectivity index (χ2n) is 3.62. The molecule has 92 valence electrons. The van der Waals surface area contributed by atoms with E-state index in [2.05, 4.69) is 20.9 Å². The molecule has 5 heteroatoms. The normalized spacial score (nSPS) is 11.2. The minimum atomic E-state index is -0.346. The molecule has 1 aromatic rings. The van der Waals surface area contributed by atoms with E-state index >= 15 is 0 Å². The molecule has 0 saturated heterocycles. The summed E-state index contributed by atoms with van der Waals surface area (Å²) < 4.78 is 5.85. The maximum absolute atomic E-state index is 11.8. The zero-order chi connectivity index (χ0) is 12.8. The van der Waals surface area contributed by atoms with Crippen molar-refractivity contribution in [2.24, 2.45) is 0 Å². The van der Waals surface area contributed by atoms with E-state index in [1.165, 1.54) is 0 Å². The number of ether oxygens (including phenoxy) is 1. The minimum Gasteiger partial charge on any atom is -0.462 e. The molecule has 0 spiro atoms. The molecule has 0 amide bonds. The summed E-state index contributed by atoms with van der Waals surface area (Å²) in [4.78, 5) is 17.7. The molecule has 17 heavy (non-hydrogen) atoms. The zero-order valence-corrected chi connectivity index (χ0v) is 11.7. The molecule has 0 N–H and O–H groups in total. The third-order valence-electron chi connectivity index (χ3n) is 1.90. The van der Waals surface area contributed by atoms with E-state index in [9.17, 15) is 4.79 Å². The van der Waals surface area contributed by atoms with Gasteiger partial charge in [0.2, 0.25) is 0 Å². The Labute approximate surface area is 109 Å². The first-order chi connectivity index (χ1) is 8.04. The van der Waals surface area contributed by atoms with Crippen LogP contribution in [0.1, 0.15) is 12.5 Å². The molecular formula is C12H15BrN2O2. The Morgan fingerprint density at radius 1 is 1.53 bits per heavy atom. The first-order valence-corrected chi connectivity index (χ1v) is 6.00. The van der Waals surface area contributed by atoms with Crippen LogP contribution in [-0.4, -0.2) is 36.6 Å². The third-order valence-corrected chi connectivity index (χ3v) is 2.33. The summed E-state index contributed by atoms with van der Waals surface area (Å²) in [5, 5.41) is 0. The fourth-order valence-electron chi connectivity index (χ4n) is 1.27. The molecule has 1 aromatic heterocycles. The summed E-state index contributed by atoms with van der Waals surface area (Å²) in [6, 6.07) is 1.83. The van der Waals surface area contributed by atoms with E-state index in [1.54, 1.807) is 30.4 Å². The van der Waals surface area contributed by atoms with Crippen molar-refractivity contribution in [1.82, 2.24) is 9.88 Å². The lowest BCUT2D eigenvalue weighted by Crippen LogP contribution is -2.11. The minimum absolute atomic E-state index is 0.346. The second-order valence-corrected chi connectivity index (χ2v) is 4.53. The number of carbonyl (C=O) groups is 1. The van der Waals surface area contributed by atoms with Crippen molar-refractivity contribution in [3.05, 3.63) is 34.7 Å². The lowest BCUT2D eigenvalue weighted by atomic mass is 10.1. The monoisotopic (exact) mass is 298 g/mol. The van der Waals surface area contributed by atoms with Crippen LogP contribution in [-0.2, 0) is 9.53 Å². The van der Waals surface area contributed by atoms with Crippen LogP contribution in [0.25, 0.3) is 5.57 Å². The van der Waals surface area contributed by atoms with Gasteiger partial charge in [-0.25, -0.2) is 4.79 Å². The highest BCUT2D eigenvalue weighted by Crippen LogP contribution is 2.19. The first-order valence-electron chi connectivity index (χ1n) is 5.21. The van der Waals surface area contributed by atoms with Crippen LogP contribution in [0.2, 0.25) is 0 Å². The van der Waals surface area contributed by atoms with Gasteiger partial charge in [-0.1, -0.05) is 0 Å². The van der Waals surface area contributed by atoms with Crippen LogP contribution in [0.3, 0.4) is 0 Å². The Balaban J connectivity index is 3.11. The number of rotatable bonds is 4. The predicted molar refractivity (Wildman–Crippen MR) is 70.2 cm³/mol. The molecule has 0 fully saturated rings. The lowest BCUT2D eigenvalue weighted by molar-refractivity contribution is -0.136. The highest BCUT2D eigenvalue weighted by atomic mass is 79.9. The van der Waals surface area contributed by atoms with Gasteiger partial charge < -0.3 is 9.64 Å². The van der Waals surface area contributed by atoms with E-state index in [-0.39, 0.29) is 5.97 Å². The fourth-order valence-corrected chi connectivity index (χ4v) is 1.64. The van der Waals surface area contributed by atoms with Crippen LogP contribution in [0, 0.1) is 0 Å². The number of hydrogen-bond acceptors (Lipinski definition) is 4. The van der Waals surface area contributed by atoms with Crippen LogP contribution < -0.4 is 0 Å². The van der Waals surface area contributed by atoms with Gasteiger partial charge in [-0.05, 0) is 28.9 Å².